The van der Waals surface area contributed by atoms with Crippen LogP contribution in [0.3, 0.4) is 0 Å². The number of hydrogen-bond acceptors (Lipinski definition) is 1. The highest BCUT2D eigenvalue weighted by Crippen LogP contribution is 2.34. The third-order valence-corrected chi connectivity index (χ3v) is 3.92. The fourth-order valence-corrected chi connectivity index (χ4v) is 2.63. The fraction of sp³-hybridized carbons (Fsp3) is 1.00. The van der Waals surface area contributed by atoms with Crippen molar-refractivity contribution in [3.05, 3.63) is 0 Å². The second kappa shape index (κ2) is 4.00. The summed E-state index contributed by atoms with van der Waals surface area (Å²) in [7, 11) is 0. The zero-order chi connectivity index (χ0) is 9.26. The first-order valence-corrected chi connectivity index (χ1v) is 6.03. The molecule has 2 fully saturated rings. The van der Waals surface area contributed by atoms with Crippen LogP contribution in [0.25, 0.3) is 0 Å². The molecule has 3 atom stereocenters. The van der Waals surface area contributed by atoms with Gasteiger partial charge in [0, 0.05) is 12.1 Å². The summed E-state index contributed by atoms with van der Waals surface area (Å²) in [5, 5.41) is 3.83. The van der Waals surface area contributed by atoms with Crippen LogP contribution < -0.4 is 5.32 Å². The van der Waals surface area contributed by atoms with Crippen molar-refractivity contribution in [3.63, 3.8) is 0 Å². The van der Waals surface area contributed by atoms with Gasteiger partial charge in [-0.3, -0.25) is 0 Å². The van der Waals surface area contributed by atoms with Crippen LogP contribution in [0, 0.1) is 11.8 Å². The molecular formula is C12H23N. The molecule has 0 aromatic rings. The van der Waals surface area contributed by atoms with Crippen molar-refractivity contribution in [1.29, 1.82) is 0 Å². The Morgan fingerprint density at radius 2 is 1.77 bits per heavy atom. The lowest BCUT2D eigenvalue weighted by atomic mass is 9.85. The van der Waals surface area contributed by atoms with Gasteiger partial charge in [-0.15, -0.1) is 0 Å². The van der Waals surface area contributed by atoms with Crippen LogP contribution in [-0.4, -0.2) is 12.1 Å². The van der Waals surface area contributed by atoms with Crippen molar-refractivity contribution >= 4 is 0 Å². The lowest BCUT2D eigenvalue weighted by molar-refractivity contribution is 0.254. The summed E-state index contributed by atoms with van der Waals surface area (Å²) in [4.78, 5) is 0. The molecule has 0 aromatic heterocycles. The van der Waals surface area contributed by atoms with Gasteiger partial charge in [-0.05, 0) is 44.4 Å². The third-order valence-electron chi connectivity index (χ3n) is 3.92. The molecular weight excluding hydrogens is 158 g/mol. The molecule has 1 nitrogen and oxygen atoms in total. The van der Waals surface area contributed by atoms with E-state index >= 15 is 0 Å². The van der Waals surface area contributed by atoms with Gasteiger partial charge in [0.1, 0.15) is 0 Å². The van der Waals surface area contributed by atoms with E-state index < -0.39 is 0 Å². The van der Waals surface area contributed by atoms with Crippen molar-refractivity contribution in [2.24, 2.45) is 11.8 Å². The van der Waals surface area contributed by atoms with Crippen molar-refractivity contribution < 1.29 is 0 Å². The van der Waals surface area contributed by atoms with Gasteiger partial charge in [-0.1, -0.05) is 19.8 Å². The molecule has 0 radical (unpaired) electrons. The van der Waals surface area contributed by atoms with E-state index in [1.165, 1.54) is 38.5 Å². The summed E-state index contributed by atoms with van der Waals surface area (Å²) >= 11 is 0. The van der Waals surface area contributed by atoms with Gasteiger partial charge in [0.2, 0.25) is 0 Å². The molecule has 0 aromatic carbocycles. The van der Waals surface area contributed by atoms with Crippen LogP contribution in [0.2, 0.25) is 0 Å². The standard InChI is InChI=1S/C12H23N/c1-9-5-3-4-6-12(9)13-10(2)11-7-8-11/h9-13H,3-8H2,1-2H3/t9-,10-,12+/m0/s1. The molecule has 2 aliphatic carbocycles. The van der Waals surface area contributed by atoms with Crippen LogP contribution in [0.5, 0.6) is 0 Å². The maximum atomic E-state index is 3.83. The molecule has 2 rings (SSSR count). The molecule has 0 aliphatic heterocycles. The average Bonchev–Trinajstić information content (AvgIpc) is 2.91. The Kier molecular flexibility index (Phi) is 2.92. The molecule has 0 amide bonds. The van der Waals surface area contributed by atoms with E-state index in [1.807, 2.05) is 0 Å². The van der Waals surface area contributed by atoms with E-state index in [1.54, 1.807) is 0 Å². The highest BCUT2D eigenvalue weighted by Gasteiger charge is 2.31. The summed E-state index contributed by atoms with van der Waals surface area (Å²) in [6, 6.07) is 1.61. The summed E-state index contributed by atoms with van der Waals surface area (Å²) < 4.78 is 0. The number of nitrogens with one attached hydrogen (secondary N) is 1. The molecule has 0 heterocycles. The predicted octanol–water partition coefficient (Wildman–Crippen LogP) is 2.95. The first-order chi connectivity index (χ1) is 6.27. The van der Waals surface area contributed by atoms with Crippen molar-refractivity contribution in [1.82, 2.24) is 5.32 Å². The zero-order valence-electron chi connectivity index (χ0n) is 9.05. The number of rotatable bonds is 3. The van der Waals surface area contributed by atoms with E-state index in [9.17, 15) is 0 Å². The van der Waals surface area contributed by atoms with Gasteiger partial charge in [0.05, 0.1) is 0 Å². The van der Waals surface area contributed by atoms with Gasteiger partial charge in [0.25, 0.3) is 0 Å². The average molecular weight is 181 g/mol. The summed E-state index contributed by atoms with van der Waals surface area (Å²) in [5.41, 5.74) is 0. The van der Waals surface area contributed by atoms with E-state index in [2.05, 4.69) is 19.2 Å². The van der Waals surface area contributed by atoms with Gasteiger partial charge in [-0.25, -0.2) is 0 Å². The second-order valence-corrected chi connectivity index (χ2v) is 5.16. The van der Waals surface area contributed by atoms with E-state index in [0.717, 1.165) is 23.9 Å². The number of hydrogen-bond donors (Lipinski definition) is 1. The normalized spacial score (nSPS) is 37.4. The Hall–Kier alpha value is -0.0400. The highest BCUT2D eigenvalue weighted by molar-refractivity contribution is 4.88. The Bertz CT molecular complexity index is 163. The van der Waals surface area contributed by atoms with E-state index in [4.69, 9.17) is 0 Å². The van der Waals surface area contributed by atoms with Crippen LogP contribution in [0.1, 0.15) is 52.4 Å². The van der Waals surface area contributed by atoms with Crippen LogP contribution in [0.15, 0.2) is 0 Å². The van der Waals surface area contributed by atoms with Crippen molar-refractivity contribution in [2.75, 3.05) is 0 Å². The topological polar surface area (TPSA) is 12.0 Å². The van der Waals surface area contributed by atoms with Crippen LogP contribution in [-0.2, 0) is 0 Å². The van der Waals surface area contributed by atoms with Gasteiger partial charge < -0.3 is 5.32 Å². The molecule has 0 unspecified atom stereocenters. The van der Waals surface area contributed by atoms with Crippen molar-refractivity contribution in [3.8, 4) is 0 Å². The minimum absolute atomic E-state index is 0.783. The Labute approximate surface area is 82.3 Å². The second-order valence-electron chi connectivity index (χ2n) is 5.16. The predicted molar refractivity (Wildman–Crippen MR) is 56.7 cm³/mol. The maximum Gasteiger partial charge on any atom is 0.00952 e. The lowest BCUT2D eigenvalue weighted by Gasteiger charge is -2.32. The smallest absolute Gasteiger partial charge is 0.00952 e. The molecule has 0 spiro atoms. The first kappa shape index (κ1) is 9.51. The quantitative estimate of drug-likeness (QED) is 0.706. The van der Waals surface area contributed by atoms with Crippen molar-refractivity contribution in [2.45, 2.75) is 64.5 Å². The summed E-state index contributed by atoms with van der Waals surface area (Å²) in [6.07, 6.45) is 8.69. The monoisotopic (exact) mass is 181 g/mol. The fourth-order valence-electron chi connectivity index (χ4n) is 2.63. The first-order valence-electron chi connectivity index (χ1n) is 6.03. The van der Waals surface area contributed by atoms with Crippen LogP contribution in [0.4, 0.5) is 0 Å². The molecule has 2 saturated carbocycles. The molecule has 0 bridgehead atoms. The molecule has 2 aliphatic rings. The van der Waals surface area contributed by atoms with Gasteiger partial charge in [-0.2, -0.15) is 0 Å². The summed E-state index contributed by atoms with van der Waals surface area (Å²) in [6.45, 7) is 4.79. The largest absolute Gasteiger partial charge is 0.311 e. The van der Waals surface area contributed by atoms with E-state index in [0.29, 0.717) is 0 Å². The SMILES string of the molecule is C[C@H](N[C@@H]1CCCC[C@@H]1C)C1CC1. The minimum Gasteiger partial charge on any atom is -0.311 e. The minimum atomic E-state index is 0.783. The Morgan fingerprint density at radius 1 is 1.08 bits per heavy atom. The van der Waals surface area contributed by atoms with Gasteiger partial charge in [0.15, 0.2) is 0 Å². The Morgan fingerprint density at radius 3 is 2.38 bits per heavy atom. The van der Waals surface area contributed by atoms with Crippen LogP contribution >= 0.6 is 0 Å². The summed E-state index contributed by atoms with van der Waals surface area (Å²) in [5.74, 6) is 1.92. The Balaban J connectivity index is 1.77. The lowest BCUT2D eigenvalue weighted by Crippen LogP contribution is -2.43. The maximum absolute atomic E-state index is 3.83. The molecule has 0 saturated heterocycles. The highest BCUT2D eigenvalue weighted by atomic mass is 15.0. The molecule has 1 N–H and O–H groups in total. The molecule has 13 heavy (non-hydrogen) atoms. The molecule has 76 valence electrons. The van der Waals surface area contributed by atoms with E-state index in [-0.39, 0.29) is 0 Å². The van der Waals surface area contributed by atoms with Gasteiger partial charge >= 0.3 is 0 Å². The molecule has 1 heteroatoms. The third kappa shape index (κ3) is 2.46. The zero-order valence-corrected chi connectivity index (χ0v) is 9.05.